The molecule has 21 heavy (non-hydrogen) atoms. The van der Waals surface area contributed by atoms with Gasteiger partial charge in [-0.2, -0.15) is 0 Å². The molecule has 0 aliphatic carbocycles. The summed E-state index contributed by atoms with van der Waals surface area (Å²) in [5, 5.41) is 11.5. The minimum atomic E-state index is -1.29. The quantitative estimate of drug-likeness (QED) is 0.748. The topological polar surface area (TPSA) is 92.7 Å². The summed E-state index contributed by atoms with van der Waals surface area (Å²) in [6.45, 7) is 1.98. The first-order chi connectivity index (χ1) is 10.0. The highest BCUT2D eigenvalue weighted by Gasteiger charge is 2.22. The first-order valence-corrected chi connectivity index (χ1v) is 7.83. The Hall–Kier alpha value is -1.73. The molecular weight excluding hydrogens is 294 g/mol. The molecule has 1 aromatic carbocycles. The van der Waals surface area contributed by atoms with E-state index in [1.165, 1.54) is 13.2 Å². The number of carbonyl (C=O) groups is 2. The van der Waals surface area contributed by atoms with Gasteiger partial charge in [-0.3, -0.25) is 9.00 Å². The maximum absolute atomic E-state index is 12.2. The van der Waals surface area contributed by atoms with Crippen molar-refractivity contribution in [2.24, 2.45) is 0 Å². The van der Waals surface area contributed by atoms with Gasteiger partial charge in [0.2, 0.25) is 0 Å². The molecule has 0 saturated carbocycles. The number of hydrogen-bond acceptors (Lipinski definition) is 4. The lowest BCUT2D eigenvalue weighted by atomic mass is 10.1. The van der Waals surface area contributed by atoms with Gasteiger partial charge >= 0.3 is 5.97 Å². The van der Waals surface area contributed by atoms with Crippen LogP contribution in [0.1, 0.15) is 23.7 Å². The van der Waals surface area contributed by atoms with E-state index in [4.69, 9.17) is 9.84 Å². The number of carboxylic acid groups (broad SMARTS) is 1. The van der Waals surface area contributed by atoms with Crippen LogP contribution < -0.4 is 5.32 Å². The van der Waals surface area contributed by atoms with Gasteiger partial charge in [0.05, 0.1) is 21.3 Å². The molecule has 0 saturated heterocycles. The van der Waals surface area contributed by atoms with E-state index in [-0.39, 0.29) is 18.6 Å². The van der Waals surface area contributed by atoms with Crippen LogP contribution in [0, 0.1) is 0 Å². The van der Waals surface area contributed by atoms with E-state index in [1.807, 2.05) is 0 Å². The van der Waals surface area contributed by atoms with E-state index in [0.29, 0.717) is 10.6 Å². The lowest BCUT2D eigenvalue weighted by molar-refractivity contribution is -0.139. The molecule has 0 bridgehead atoms. The van der Waals surface area contributed by atoms with Crippen molar-refractivity contribution in [2.45, 2.75) is 24.3 Å². The predicted octanol–water partition coefficient (Wildman–Crippen LogP) is 1.03. The van der Waals surface area contributed by atoms with Gasteiger partial charge < -0.3 is 15.2 Å². The third kappa shape index (κ3) is 4.95. The number of nitrogens with one attached hydrogen (secondary N) is 1. The maximum Gasteiger partial charge on any atom is 0.326 e. The Morgan fingerprint density at radius 1 is 1.38 bits per heavy atom. The number of amides is 1. The van der Waals surface area contributed by atoms with Gasteiger partial charge in [-0.05, 0) is 12.1 Å². The Labute approximate surface area is 126 Å². The van der Waals surface area contributed by atoms with Crippen molar-refractivity contribution >= 4 is 22.7 Å². The fourth-order valence-corrected chi connectivity index (χ4v) is 2.68. The summed E-state index contributed by atoms with van der Waals surface area (Å²) < 4.78 is 16.8. The van der Waals surface area contributed by atoms with Crippen molar-refractivity contribution < 1.29 is 23.6 Å². The zero-order chi connectivity index (χ0) is 15.8. The van der Waals surface area contributed by atoms with Crippen molar-refractivity contribution in [1.82, 2.24) is 5.32 Å². The number of carboxylic acids is 1. The number of benzene rings is 1. The van der Waals surface area contributed by atoms with Crippen molar-refractivity contribution in [2.75, 3.05) is 19.5 Å². The smallest absolute Gasteiger partial charge is 0.326 e. The molecule has 0 aliphatic heterocycles. The second-order valence-electron chi connectivity index (χ2n) is 4.28. The molecule has 0 aromatic heterocycles. The molecule has 2 atom stereocenters. The standard InChI is InChI=1S/C14H19NO5S/c1-3-21(19)12-7-5-4-6-10(12)13(16)15-11(14(17)18)8-9-20-2/h4-7,11H,3,8-9H2,1-2H3,(H,15,16)(H,17,18). The molecule has 1 amide bonds. The Morgan fingerprint density at radius 2 is 2.05 bits per heavy atom. The van der Waals surface area contributed by atoms with Crippen molar-refractivity contribution in [3.05, 3.63) is 29.8 Å². The minimum Gasteiger partial charge on any atom is -0.480 e. The molecule has 7 heteroatoms. The van der Waals surface area contributed by atoms with Gasteiger partial charge in [-0.25, -0.2) is 4.79 Å². The summed E-state index contributed by atoms with van der Waals surface area (Å²) in [5.41, 5.74) is 0.237. The highest BCUT2D eigenvalue weighted by Crippen LogP contribution is 2.14. The molecule has 2 unspecified atom stereocenters. The minimum absolute atomic E-state index is 0.163. The Kier molecular flexibility index (Phi) is 7.04. The SMILES string of the molecule is CCS(=O)c1ccccc1C(=O)NC(CCOC)C(=O)O. The number of aliphatic carboxylic acids is 1. The van der Waals surface area contributed by atoms with E-state index < -0.39 is 28.7 Å². The van der Waals surface area contributed by atoms with Crippen LogP contribution in [0.15, 0.2) is 29.2 Å². The highest BCUT2D eigenvalue weighted by molar-refractivity contribution is 7.85. The molecule has 0 fully saturated rings. The fraction of sp³-hybridized carbons (Fsp3) is 0.429. The summed E-state index contributed by atoms with van der Waals surface area (Å²) in [5.74, 6) is -1.29. The predicted molar refractivity (Wildman–Crippen MR) is 78.8 cm³/mol. The van der Waals surface area contributed by atoms with Gasteiger partial charge in [0.25, 0.3) is 5.91 Å². The van der Waals surface area contributed by atoms with E-state index in [0.717, 1.165) is 0 Å². The summed E-state index contributed by atoms with van der Waals surface area (Å²) in [6.07, 6.45) is 0.163. The summed E-state index contributed by atoms with van der Waals surface area (Å²) in [7, 11) is 0.172. The molecule has 1 aromatic rings. The van der Waals surface area contributed by atoms with Crippen LogP contribution in [-0.2, 0) is 20.3 Å². The number of hydrogen-bond donors (Lipinski definition) is 2. The third-order valence-corrected chi connectivity index (χ3v) is 4.22. The molecule has 2 N–H and O–H groups in total. The summed E-state index contributed by atoms with van der Waals surface area (Å²) in [6, 6.07) is 5.45. The Bertz CT molecular complexity index is 532. The van der Waals surface area contributed by atoms with Crippen LogP contribution in [0.4, 0.5) is 0 Å². The lowest BCUT2D eigenvalue weighted by Crippen LogP contribution is -2.41. The molecule has 116 valence electrons. The normalized spacial score (nSPS) is 13.4. The molecule has 0 aliphatic rings. The second-order valence-corrected chi connectivity index (χ2v) is 5.98. The van der Waals surface area contributed by atoms with Gasteiger partial charge in [0.1, 0.15) is 6.04 Å². The largest absolute Gasteiger partial charge is 0.480 e. The average molecular weight is 313 g/mol. The van der Waals surface area contributed by atoms with E-state index >= 15 is 0 Å². The van der Waals surface area contributed by atoms with E-state index in [9.17, 15) is 13.8 Å². The van der Waals surface area contributed by atoms with Crippen LogP contribution in [0.3, 0.4) is 0 Å². The van der Waals surface area contributed by atoms with E-state index in [1.54, 1.807) is 25.1 Å². The number of rotatable bonds is 8. The maximum atomic E-state index is 12.2. The number of ether oxygens (including phenoxy) is 1. The van der Waals surface area contributed by atoms with E-state index in [2.05, 4.69) is 5.32 Å². The zero-order valence-electron chi connectivity index (χ0n) is 12.0. The zero-order valence-corrected chi connectivity index (χ0v) is 12.8. The Balaban J connectivity index is 2.92. The van der Waals surface area contributed by atoms with Gasteiger partial charge in [0.15, 0.2) is 0 Å². The first-order valence-electron chi connectivity index (χ1n) is 6.51. The molecular formula is C14H19NO5S. The number of carbonyl (C=O) groups excluding carboxylic acids is 1. The molecule has 0 radical (unpaired) electrons. The molecule has 0 heterocycles. The fourth-order valence-electron chi connectivity index (χ4n) is 1.74. The Morgan fingerprint density at radius 3 is 2.62 bits per heavy atom. The molecule has 1 rings (SSSR count). The first kappa shape index (κ1) is 17.3. The van der Waals surface area contributed by atoms with Crippen molar-refractivity contribution in [1.29, 1.82) is 0 Å². The van der Waals surface area contributed by atoms with Gasteiger partial charge in [-0.15, -0.1) is 0 Å². The second kappa shape index (κ2) is 8.53. The lowest BCUT2D eigenvalue weighted by Gasteiger charge is -2.15. The van der Waals surface area contributed by atoms with Crippen LogP contribution in [0.25, 0.3) is 0 Å². The summed E-state index contributed by atoms with van der Waals surface area (Å²) in [4.78, 5) is 23.7. The third-order valence-electron chi connectivity index (χ3n) is 2.85. The molecule has 0 spiro atoms. The van der Waals surface area contributed by atoms with Gasteiger partial charge in [0, 0.05) is 25.9 Å². The number of methoxy groups -OCH3 is 1. The van der Waals surface area contributed by atoms with Crippen molar-refractivity contribution in [3.8, 4) is 0 Å². The van der Waals surface area contributed by atoms with Crippen LogP contribution in [-0.4, -0.2) is 46.7 Å². The highest BCUT2D eigenvalue weighted by atomic mass is 32.2. The van der Waals surface area contributed by atoms with Crippen molar-refractivity contribution in [3.63, 3.8) is 0 Å². The van der Waals surface area contributed by atoms with Crippen LogP contribution >= 0.6 is 0 Å². The average Bonchev–Trinajstić information content (AvgIpc) is 2.50. The monoisotopic (exact) mass is 313 g/mol. The van der Waals surface area contributed by atoms with Gasteiger partial charge in [-0.1, -0.05) is 19.1 Å². The molecule has 6 nitrogen and oxygen atoms in total. The van der Waals surface area contributed by atoms with Crippen LogP contribution in [0.2, 0.25) is 0 Å². The van der Waals surface area contributed by atoms with Crippen LogP contribution in [0.5, 0.6) is 0 Å². The summed E-state index contributed by atoms with van der Waals surface area (Å²) >= 11 is 0.